The molecule has 3 rings (SSSR count). The lowest BCUT2D eigenvalue weighted by Crippen LogP contribution is -2.42. The Morgan fingerprint density at radius 3 is 2.46 bits per heavy atom. The van der Waals surface area contributed by atoms with Crippen molar-refractivity contribution >= 4 is 11.8 Å². The third kappa shape index (κ3) is 4.19. The van der Waals surface area contributed by atoms with Crippen LogP contribution < -0.4 is 5.32 Å². The highest BCUT2D eigenvalue weighted by Gasteiger charge is 2.41. The molecule has 142 valence electrons. The van der Waals surface area contributed by atoms with E-state index in [0.29, 0.717) is 6.54 Å². The average molecular weight is 368 g/mol. The maximum atomic E-state index is 12.5. The van der Waals surface area contributed by atoms with E-state index < -0.39 is 24.5 Å². The summed E-state index contributed by atoms with van der Waals surface area (Å²) in [6.07, 6.45) is -0.469. The lowest BCUT2D eigenvalue weighted by atomic mass is 9.78. The summed E-state index contributed by atoms with van der Waals surface area (Å²) in [5.41, 5.74) is 1.06. The van der Waals surface area contributed by atoms with Crippen molar-refractivity contribution in [3.8, 4) is 0 Å². The van der Waals surface area contributed by atoms with Gasteiger partial charge in [0.25, 0.3) is 0 Å². The Morgan fingerprint density at radius 1 is 1.19 bits per heavy atom. The summed E-state index contributed by atoms with van der Waals surface area (Å²) >= 11 is 0. The summed E-state index contributed by atoms with van der Waals surface area (Å²) in [6.45, 7) is -0.994. The van der Waals surface area contributed by atoms with E-state index >= 15 is 0 Å². The molecule has 26 heavy (non-hydrogen) atoms. The Morgan fingerprint density at radius 2 is 1.85 bits per heavy atom. The first kappa shape index (κ1) is 18.7. The third-order valence-corrected chi connectivity index (χ3v) is 5.50. The number of rotatable bonds is 5. The molecule has 1 saturated heterocycles. The zero-order valence-electron chi connectivity index (χ0n) is 14.5. The fourth-order valence-corrected chi connectivity index (χ4v) is 4.13. The first-order valence-electron chi connectivity index (χ1n) is 8.97. The summed E-state index contributed by atoms with van der Waals surface area (Å²) in [6, 6.07) is 10.0. The van der Waals surface area contributed by atoms with Crippen molar-refractivity contribution in [3.05, 3.63) is 35.9 Å². The van der Waals surface area contributed by atoms with Gasteiger partial charge in [-0.1, -0.05) is 43.2 Å². The molecule has 2 aliphatic rings. The van der Waals surface area contributed by atoms with E-state index in [1.54, 1.807) is 0 Å². The zero-order valence-corrected chi connectivity index (χ0v) is 14.5. The fourth-order valence-electron chi connectivity index (χ4n) is 4.13. The smallest absolute Gasteiger partial charge is 0.355 e. The van der Waals surface area contributed by atoms with Crippen molar-refractivity contribution < 1.29 is 22.8 Å². The molecule has 1 aliphatic heterocycles. The molecule has 1 aromatic carbocycles. The molecule has 2 amide bonds. The van der Waals surface area contributed by atoms with Crippen molar-refractivity contribution in [1.29, 1.82) is 0 Å². The number of hydrogen-bond donors (Lipinski definition) is 1. The molecule has 0 radical (unpaired) electrons. The van der Waals surface area contributed by atoms with Crippen LogP contribution >= 0.6 is 0 Å². The molecule has 1 aliphatic carbocycles. The molecule has 1 heterocycles. The van der Waals surface area contributed by atoms with Gasteiger partial charge in [0.2, 0.25) is 11.8 Å². The van der Waals surface area contributed by atoms with E-state index in [1.165, 1.54) is 5.56 Å². The molecule has 4 nitrogen and oxygen atoms in total. The molecule has 0 spiro atoms. The number of amides is 2. The number of alkyl halides is 3. The number of nitrogens with one attached hydrogen (secondary N) is 1. The lowest BCUT2D eigenvalue weighted by molar-refractivity contribution is -0.157. The summed E-state index contributed by atoms with van der Waals surface area (Å²) in [4.78, 5) is 24.9. The van der Waals surface area contributed by atoms with Crippen molar-refractivity contribution in [2.24, 2.45) is 5.92 Å². The van der Waals surface area contributed by atoms with Gasteiger partial charge in [-0.25, -0.2) is 0 Å². The van der Waals surface area contributed by atoms with Crippen LogP contribution in [-0.4, -0.2) is 42.5 Å². The van der Waals surface area contributed by atoms with Gasteiger partial charge < -0.3 is 10.2 Å². The van der Waals surface area contributed by atoms with E-state index in [0.717, 1.165) is 30.6 Å². The van der Waals surface area contributed by atoms with E-state index in [-0.39, 0.29) is 24.3 Å². The van der Waals surface area contributed by atoms with E-state index in [9.17, 15) is 22.8 Å². The largest absolute Gasteiger partial charge is 0.406 e. The summed E-state index contributed by atoms with van der Waals surface area (Å²) in [5.74, 6) is -1.65. The highest BCUT2D eigenvalue weighted by molar-refractivity contribution is 5.89. The highest BCUT2D eigenvalue weighted by Crippen LogP contribution is 2.40. The molecular weight excluding hydrogens is 345 g/mol. The third-order valence-electron chi connectivity index (χ3n) is 5.50. The normalized spacial score (nSPS) is 22.7. The molecule has 1 N–H and O–H groups in total. The van der Waals surface area contributed by atoms with E-state index in [2.05, 4.69) is 17.4 Å². The molecule has 0 aromatic heterocycles. The van der Waals surface area contributed by atoms with Gasteiger partial charge in [-0.3, -0.25) is 9.59 Å². The molecule has 1 unspecified atom stereocenters. The second-order valence-corrected chi connectivity index (χ2v) is 7.36. The number of benzene rings is 1. The molecule has 1 aromatic rings. The van der Waals surface area contributed by atoms with Crippen molar-refractivity contribution in [3.63, 3.8) is 0 Å². The number of nitrogens with zero attached hydrogens (tertiary/aromatic N) is 1. The number of carbonyl (C=O) groups excluding carboxylic acids is 2. The number of hydrogen-bond acceptors (Lipinski definition) is 2. The average Bonchev–Trinajstić information content (AvgIpc) is 3.21. The molecular formula is C19H23F3N2O2. The van der Waals surface area contributed by atoms with Gasteiger partial charge >= 0.3 is 6.18 Å². The highest BCUT2D eigenvalue weighted by atomic mass is 19.4. The van der Waals surface area contributed by atoms with Crippen molar-refractivity contribution in [2.75, 3.05) is 19.6 Å². The van der Waals surface area contributed by atoms with E-state index in [4.69, 9.17) is 0 Å². The van der Waals surface area contributed by atoms with Crippen LogP contribution in [0.5, 0.6) is 0 Å². The van der Waals surface area contributed by atoms with Gasteiger partial charge in [-0.15, -0.1) is 0 Å². The molecule has 1 saturated carbocycles. The Labute approximate surface area is 150 Å². The first-order chi connectivity index (χ1) is 12.3. The molecule has 2 fully saturated rings. The van der Waals surface area contributed by atoms with Crippen LogP contribution in [-0.2, 0) is 15.0 Å². The molecule has 0 bridgehead atoms. The summed E-state index contributed by atoms with van der Waals surface area (Å²) in [7, 11) is 0. The monoisotopic (exact) mass is 368 g/mol. The Kier molecular flexibility index (Phi) is 5.25. The second kappa shape index (κ2) is 7.29. The minimum absolute atomic E-state index is 0.120. The predicted octanol–water partition coefficient (Wildman–Crippen LogP) is 3.03. The van der Waals surface area contributed by atoms with Gasteiger partial charge in [0.05, 0.1) is 5.92 Å². The van der Waals surface area contributed by atoms with Crippen LogP contribution in [0.1, 0.15) is 37.7 Å². The van der Waals surface area contributed by atoms with Gasteiger partial charge in [0.1, 0.15) is 6.54 Å². The quantitative estimate of drug-likeness (QED) is 0.869. The van der Waals surface area contributed by atoms with Gasteiger partial charge in [-0.2, -0.15) is 13.2 Å². The van der Waals surface area contributed by atoms with Gasteiger partial charge in [0.15, 0.2) is 0 Å². The summed E-state index contributed by atoms with van der Waals surface area (Å²) < 4.78 is 37.5. The minimum Gasteiger partial charge on any atom is -0.355 e. The number of carbonyl (C=O) groups is 2. The zero-order chi connectivity index (χ0) is 18.8. The van der Waals surface area contributed by atoms with Crippen LogP contribution in [0.2, 0.25) is 0 Å². The Balaban J connectivity index is 1.61. The van der Waals surface area contributed by atoms with Crippen LogP contribution in [0.3, 0.4) is 0 Å². The molecule has 1 atom stereocenters. The maximum Gasteiger partial charge on any atom is 0.406 e. The Hall–Kier alpha value is -2.05. The first-order valence-corrected chi connectivity index (χ1v) is 8.97. The second-order valence-electron chi connectivity index (χ2n) is 7.36. The van der Waals surface area contributed by atoms with Gasteiger partial charge in [0, 0.05) is 24.9 Å². The van der Waals surface area contributed by atoms with Crippen LogP contribution in [0, 0.1) is 5.92 Å². The topological polar surface area (TPSA) is 49.4 Å². The van der Waals surface area contributed by atoms with Crippen LogP contribution in [0.15, 0.2) is 30.3 Å². The van der Waals surface area contributed by atoms with Crippen LogP contribution in [0.25, 0.3) is 0 Å². The van der Waals surface area contributed by atoms with Crippen molar-refractivity contribution in [1.82, 2.24) is 10.2 Å². The van der Waals surface area contributed by atoms with Crippen molar-refractivity contribution in [2.45, 2.75) is 43.7 Å². The van der Waals surface area contributed by atoms with Crippen LogP contribution in [0.4, 0.5) is 13.2 Å². The predicted molar refractivity (Wildman–Crippen MR) is 90.3 cm³/mol. The van der Waals surface area contributed by atoms with Gasteiger partial charge in [-0.05, 0) is 18.4 Å². The minimum atomic E-state index is -4.44. The standard InChI is InChI=1S/C19H23F3N2O2/c20-19(21,22)13-24-11-14(10-16(24)25)17(26)23-12-18(8-4-5-9-18)15-6-2-1-3-7-15/h1-3,6-7,14H,4-5,8-13H2,(H,23,26). The summed E-state index contributed by atoms with van der Waals surface area (Å²) in [5, 5.41) is 2.91. The number of likely N-dealkylation sites (tertiary alicyclic amines) is 1. The van der Waals surface area contributed by atoms with E-state index in [1.807, 2.05) is 18.2 Å². The fraction of sp³-hybridized carbons (Fsp3) is 0.579. The lowest BCUT2D eigenvalue weighted by Gasteiger charge is -2.30. The molecule has 7 heteroatoms. The number of halogens is 3. The maximum absolute atomic E-state index is 12.5. The Bertz CT molecular complexity index is 654. The SMILES string of the molecule is O=C(NCC1(c2ccccc2)CCCC1)C1CC(=O)N(CC(F)(F)F)C1.